The Labute approximate surface area is 126 Å². The number of carbonyl (C=O) groups is 1. The number of hydrogen-bond acceptors (Lipinski definition) is 4. The quantitative estimate of drug-likeness (QED) is 0.786. The Kier molecular flexibility index (Phi) is 5.05. The van der Waals surface area contributed by atoms with Crippen LogP contribution in [0.4, 0.5) is 5.82 Å². The zero-order chi connectivity index (χ0) is 13.8. The first-order valence-corrected chi connectivity index (χ1v) is 7.55. The molecule has 1 unspecified atom stereocenters. The topological polar surface area (TPSA) is 42.4 Å². The summed E-state index contributed by atoms with van der Waals surface area (Å²) in [5.41, 5.74) is 0. The molecule has 2 heterocycles. The van der Waals surface area contributed by atoms with E-state index in [0.717, 1.165) is 36.1 Å². The Morgan fingerprint density at radius 2 is 2.42 bits per heavy atom. The van der Waals surface area contributed by atoms with Crippen LogP contribution in [0.25, 0.3) is 0 Å². The first kappa shape index (κ1) is 14.6. The third-order valence-electron chi connectivity index (χ3n) is 3.12. The Hall–Kier alpha value is -0.810. The number of rotatable bonds is 3. The molecule has 1 aromatic rings. The van der Waals surface area contributed by atoms with E-state index in [4.69, 9.17) is 16.3 Å². The molecule has 1 atom stereocenters. The third-order valence-corrected chi connectivity index (χ3v) is 3.91. The van der Waals surface area contributed by atoms with Crippen molar-refractivity contribution in [3.05, 3.63) is 21.8 Å². The number of ether oxygens (including phenoxy) is 1. The van der Waals surface area contributed by atoms with E-state index in [1.807, 2.05) is 11.8 Å². The summed E-state index contributed by atoms with van der Waals surface area (Å²) in [7, 11) is 0. The van der Waals surface area contributed by atoms with E-state index in [2.05, 4.69) is 20.9 Å². The number of pyridine rings is 1. The lowest BCUT2D eigenvalue weighted by Gasteiger charge is -2.35. The Bertz CT molecular complexity index is 470. The number of anilines is 1. The Balaban J connectivity index is 2.26. The minimum Gasteiger partial charge on any atom is -0.464 e. The smallest absolute Gasteiger partial charge is 0.328 e. The maximum atomic E-state index is 12.0. The monoisotopic (exact) mass is 346 g/mol. The van der Waals surface area contributed by atoms with Crippen molar-refractivity contribution in [3.8, 4) is 0 Å². The van der Waals surface area contributed by atoms with Crippen LogP contribution in [0.15, 0.2) is 16.7 Å². The second-order valence-corrected chi connectivity index (χ2v) is 5.71. The van der Waals surface area contributed by atoms with Gasteiger partial charge in [-0.1, -0.05) is 11.6 Å². The van der Waals surface area contributed by atoms with Crippen LogP contribution in [0.2, 0.25) is 5.02 Å². The summed E-state index contributed by atoms with van der Waals surface area (Å²) >= 11 is 9.36. The van der Waals surface area contributed by atoms with Gasteiger partial charge in [0.2, 0.25) is 0 Å². The number of piperidine rings is 1. The summed E-state index contributed by atoms with van der Waals surface area (Å²) < 4.78 is 5.95. The van der Waals surface area contributed by atoms with Crippen molar-refractivity contribution >= 4 is 39.3 Å². The molecule has 0 N–H and O–H groups in total. The fourth-order valence-electron chi connectivity index (χ4n) is 2.29. The van der Waals surface area contributed by atoms with Crippen LogP contribution in [0.3, 0.4) is 0 Å². The zero-order valence-corrected chi connectivity index (χ0v) is 13.1. The van der Waals surface area contributed by atoms with Crippen LogP contribution in [-0.4, -0.2) is 30.1 Å². The van der Waals surface area contributed by atoms with Gasteiger partial charge in [0.05, 0.1) is 16.1 Å². The molecule has 0 radical (unpaired) electrons. The minimum absolute atomic E-state index is 0.175. The van der Waals surface area contributed by atoms with Crippen LogP contribution >= 0.6 is 27.5 Å². The first-order chi connectivity index (χ1) is 9.13. The summed E-state index contributed by atoms with van der Waals surface area (Å²) in [5, 5.41) is 0.570. The molecule has 0 amide bonds. The van der Waals surface area contributed by atoms with Crippen LogP contribution in [0.1, 0.15) is 26.2 Å². The molecule has 1 aromatic heterocycles. The largest absolute Gasteiger partial charge is 0.464 e. The van der Waals surface area contributed by atoms with Gasteiger partial charge >= 0.3 is 5.97 Å². The van der Waals surface area contributed by atoms with Gasteiger partial charge < -0.3 is 9.64 Å². The second kappa shape index (κ2) is 6.57. The molecule has 0 spiro atoms. The predicted octanol–water partition coefficient (Wildman–Crippen LogP) is 3.42. The molecule has 1 saturated heterocycles. The molecule has 0 bridgehead atoms. The van der Waals surface area contributed by atoms with Gasteiger partial charge in [0.25, 0.3) is 0 Å². The molecule has 6 heteroatoms. The average molecular weight is 348 g/mol. The molecule has 19 heavy (non-hydrogen) atoms. The molecule has 1 aliphatic rings. The number of esters is 1. The zero-order valence-electron chi connectivity index (χ0n) is 10.7. The van der Waals surface area contributed by atoms with Crippen molar-refractivity contribution < 1.29 is 9.53 Å². The highest BCUT2D eigenvalue weighted by atomic mass is 79.9. The van der Waals surface area contributed by atoms with Crippen molar-refractivity contribution in [2.24, 2.45) is 0 Å². The highest BCUT2D eigenvalue weighted by Gasteiger charge is 2.31. The van der Waals surface area contributed by atoms with E-state index in [0.29, 0.717) is 11.6 Å². The summed E-state index contributed by atoms with van der Waals surface area (Å²) in [6.07, 6.45) is 4.48. The Morgan fingerprint density at radius 1 is 1.63 bits per heavy atom. The van der Waals surface area contributed by atoms with Crippen LogP contribution in [-0.2, 0) is 9.53 Å². The van der Waals surface area contributed by atoms with E-state index in [-0.39, 0.29) is 12.0 Å². The van der Waals surface area contributed by atoms with E-state index in [1.165, 1.54) is 0 Å². The van der Waals surface area contributed by atoms with Crippen molar-refractivity contribution in [1.29, 1.82) is 0 Å². The first-order valence-electron chi connectivity index (χ1n) is 6.37. The van der Waals surface area contributed by atoms with Crippen molar-refractivity contribution in [3.63, 3.8) is 0 Å². The molecule has 4 nitrogen and oxygen atoms in total. The molecular formula is C13H16BrClN2O2. The van der Waals surface area contributed by atoms with E-state index >= 15 is 0 Å². The van der Waals surface area contributed by atoms with Crippen molar-refractivity contribution in [2.75, 3.05) is 18.1 Å². The molecule has 1 fully saturated rings. The third kappa shape index (κ3) is 3.39. The maximum absolute atomic E-state index is 12.0. The van der Waals surface area contributed by atoms with Gasteiger partial charge in [0.15, 0.2) is 0 Å². The normalized spacial score (nSPS) is 19.3. The maximum Gasteiger partial charge on any atom is 0.328 e. The summed E-state index contributed by atoms with van der Waals surface area (Å²) in [5.74, 6) is 0.577. The summed E-state index contributed by atoms with van der Waals surface area (Å²) in [6.45, 7) is 3.02. The standard InChI is InChI=1S/C13H16BrClN2O2/c1-2-19-13(18)11-5-3-4-6-17(11)12-10(14)7-9(15)8-16-12/h7-8,11H,2-6H2,1H3. The van der Waals surface area contributed by atoms with E-state index in [1.54, 1.807) is 12.3 Å². The fourth-order valence-corrected chi connectivity index (χ4v) is 3.15. The highest BCUT2D eigenvalue weighted by molar-refractivity contribution is 9.10. The molecule has 0 aromatic carbocycles. The average Bonchev–Trinajstić information content (AvgIpc) is 2.39. The lowest BCUT2D eigenvalue weighted by atomic mass is 10.0. The van der Waals surface area contributed by atoms with Crippen molar-refractivity contribution in [2.45, 2.75) is 32.2 Å². The van der Waals surface area contributed by atoms with Gasteiger partial charge in [-0.15, -0.1) is 0 Å². The Morgan fingerprint density at radius 3 is 3.11 bits per heavy atom. The number of hydrogen-bond donors (Lipinski definition) is 0. The fraction of sp³-hybridized carbons (Fsp3) is 0.538. The molecule has 0 aliphatic carbocycles. The van der Waals surface area contributed by atoms with E-state index < -0.39 is 0 Å². The van der Waals surface area contributed by atoms with Gasteiger partial charge in [0, 0.05) is 12.7 Å². The number of aromatic nitrogens is 1. The van der Waals surface area contributed by atoms with Crippen LogP contribution < -0.4 is 4.90 Å². The SMILES string of the molecule is CCOC(=O)C1CCCCN1c1ncc(Cl)cc1Br. The van der Waals surface area contributed by atoms with Gasteiger partial charge in [-0.25, -0.2) is 9.78 Å². The number of nitrogens with zero attached hydrogens (tertiary/aromatic N) is 2. The minimum atomic E-state index is -0.251. The van der Waals surface area contributed by atoms with Gasteiger partial charge in [-0.3, -0.25) is 0 Å². The summed E-state index contributed by atoms with van der Waals surface area (Å²) in [4.78, 5) is 18.4. The van der Waals surface area contributed by atoms with Crippen LogP contribution in [0, 0.1) is 0 Å². The van der Waals surface area contributed by atoms with Gasteiger partial charge in [-0.2, -0.15) is 0 Å². The number of carbonyl (C=O) groups excluding carboxylic acids is 1. The second-order valence-electron chi connectivity index (χ2n) is 4.42. The lowest BCUT2D eigenvalue weighted by molar-refractivity contribution is -0.145. The van der Waals surface area contributed by atoms with Crippen LogP contribution in [0.5, 0.6) is 0 Å². The van der Waals surface area contributed by atoms with E-state index in [9.17, 15) is 4.79 Å². The molecule has 0 saturated carbocycles. The molecule has 1 aliphatic heterocycles. The molecule has 2 rings (SSSR count). The highest BCUT2D eigenvalue weighted by Crippen LogP contribution is 2.31. The van der Waals surface area contributed by atoms with Gasteiger partial charge in [-0.05, 0) is 48.2 Å². The predicted molar refractivity (Wildman–Crippen MR) is 78.6 cm³/mol. The van der Waals surface area contributed by atoms with Gasteiger partial charge in [0.1, 0.15) is 11.9 Å². The summed E-state index contributed by atoms with van der Waals surface area (Å²) in [6, 6.07) is 1.54. The number of halogens is 2. The van der Waals surface area contributed by atoms with Crippen molar-refractivity contribution in [1.82, 2.24) is 4.98 Å². The molecular weight excluding hydrogens is 332 g/mol. The lowest BCUT2D eigenvalue weighted by Crippen LogP contribution is -2.46. The molecule has 104 valence electrons.